The average Bonchev–Trinajstić information content (AvgIpc) is 3.74. The van der Waals surface area contributed by atoms with E-state index >= 15 is 0 Å². The molecule has 0 aliphatic carbocycles. The summed E-state index contributed by atoms with van der Waals surface area (Å²) in [5, 5.41) is 9.39. The lowest BCUT2D eigenvalue weighted by molar-refractivity contribution is 0.664. The third kappa shape index (κ3) is 6.57. The summed E-state index contributed by atoms with van der Waals surface area (Å²) in [5.41, 5.74) is 16.8. The first-order valence-electron chi connectivity index (χ1n) is 21.4. The lowest BCUT2D eigenvalue weighted by Crippen LogP contribution is -2.24. The Morgan fingerprint density at radius 2 is 0.984 bits per heavy atom. The Morgan fingerprint density at radius 3 is 1.76 bits per heavy atom. The first kappa shape index (κ1) is 36.5. The van der Waals surface area contributed by atoms with Gasteiger partial charge in [-0.1, -0.05) is 188 Å². The number of allylic oxidation sites excluding steroid dienone is 1. The van der Waals surface area contributed by atoms with Gasteiger partial charge in [-0.2, -0.15) is 0 Å². The zero-order valence-electron chi connectivity index (χ0n) is 34.2. The summed E-state index contributed by atoms with van der Waals surface area (Å²) < 4.78 is 6.61. The second kappa shape index (κ2) is 15.3. The molecule has 4 heteroatoms. The molecule has 296 valence electrons. The van der Waals surface area contributed by atoms with Crippen LogP contribution in [0.2, 0.25) is 0 Å². The minimum atomic E-state index is -0.265. The number of fused-ring (bicyclic) bond motifs is 6. The van der Waals surface area contributed by atoms with E-state index in [1.54, 1.807) is 0 Å². The van der Waals surface area contributed by atoms with Crippen LogP contribution in [0.4, 0.5) is 0 Å². The molecule has 0 amide bonds. The lowest BCUT2D eigenvalue weighted by atomic mass is 9.89. The van der Waals surface area contributed by atoms with E-state index in [0.717, 1.165) is 94.3 Å². The van der Waals surface area contributed by atoms with E-state index in [9.17, 15) is 0 Å². The van der Waals surface area contributed by atoms with E-state index in [0.29, 0.717) is 0 Å². The molecule has 0 saturated heterocycles. The van der Waals surface area contributed by atoms with Gasteiger partial charge in [0.05, 0.1) is 16.9 Å². The van der Waals surface area contributed by atoms with Crippen LogP contribution in [0.1, 0.15) is 22.9 Å². The Kier molecular flexibility index (Phi) is 8.86. The number of nitrogens with zero attached hydrogens (tertiary/aromatic N) is 2. The topological polar surface area (TPSA) is 50.4 Å². The van der Waals surface area contributed by atoms with Gasteiger partial charge in [0.1, 0.15) is 17.3 Å². The summed E-state index contributed by atoms with van der Waals surface area (Å²) in [5.74, 6) is 0. The fourth-order valence-corrected chi connectivity index (χ4v) is 9.26. The molecule has 1 aliphatic heterocycles. The summed E-state index contributed by atoms with van der Waals surface area (Å²) in [6.45, 7) is 0. The highest BCUT2D eigenvalue weighted by molar-refractivity contribution is 6.27. The minimum absolute atomic E-state index is 0.265. The van der Waals surface area contributed by atoms with Gasteiger partial charge in [-0.25, -0.2) is 4.98 Å². The highest BCUT2D eigenvalue weighted by atomic mass is 16.3. The number of furan rings is 1. The van der Waals surface area contributed by atoms with Crippen molar-refractivity contribution in [2.45, 2.75) is 6.17 Å². The SMILES string of the molecule is C1=C(c2cccc(-c3ccc(-c4nc5ccccc5c5c(-c6ccccc6)c6c(cc45)oc4ccccc46)cc3)c2)NC(c2cccc(-c3ccccc3)c2)N=C1c1ccccc1. The van der Waals surface area contributed by atoms with Gasteiger partial charge in [0, 0.05) is 43.8 Å². The molecule has 0 bridgehead atoms. The average molecular weight is 806 g/mol. The van der Waals surface area contributed by atoms with Crippen LogP contribution in [-0.2, 0) is 0 Å². The van der Waals surface area contributed by atoms with Crippen LogP contribution in [0.3, 0.4) is 0 Å². The van der Waals surface area contributed by atoms with E-state index < -0.39 is 0 Å². The van der Waals surface area contributed by atoms with E-state index in [1.165, 1.54) is 22.1 Å². The molecular weight excluding hydrogens is 767 g/mol. The number of para-hydroxylation sites is 2. The van der Waals surface area contributed by atoms with Gasteiger partial charge in [0.2, 0.25) is 0 Å². The van der Waals surface area contributed by atoms with Gasteiger partial charge in [-0.3, -0.25) is 4.99 Å². The fourth-order valence-electron chi connectivity index (χ4n) is 9.26. The third-order valence-electron chi connectivity index (χ3n) is 12.3. The zero-order chi connectivity index (χ0) is 41.7. The molecule has 1 unspecified atom stereocenters. The van der Waals surface area contributed by atoms with E-state index in [2.05, 4.69) is 218 Å². The van der Waals surface area contributed by atoms with Crippen molar-refractivity contribution >= 4 is 55.0 Å². The summed E-state index contributed by atoms with van der Waals surface area (Å²) in [7, 11) is 0. The van der Waals surface area contributed by atoms with Crippen molar-refractivity contribution in [3.05, 3.63) is 241 Å². The molecule has 2 aromatic heterocycles. The molecule has 0 radical (unpaired) electrons. The second-order valence-electron chi connectivity index (χ2n) is 16.1. The molecule has 9 aromatic carbocycles. The standard InChI is InChI=1S/C59H39N3O/c1-4-16-38(17-5-1)44-23-15-25-46(35-44)59-61-51(40-18-6-2-7-19-40)37-52(62-59)45-24-14-22-43(34-45)39-30-32-42(33-31-39)58-49-36-54-57(48-27-11-13-29-53(48)63-54)55(41-20-8-3-9-21-41)56(49)47-26-10-12-28-50(47)60-58/h1-37,59,62H. The van der Waals surface area contributed by atoms with Crippen LogP contribution in [0, 0.1) is 0 Å². The number of aliphatic imine (C=N–C) groups is 1. The van der Waals surface area contributed by atoms with Gasteiger partial charge in [-0.05, 0) is 80.9 Å². The monoisotopic (exact) mass is 805 g/mol. The Bertz CT molecular complexity index is 3570. The third-order valence-corrected chi connectivity index (χ3v) is 12.3. The Balaban J connectivity index is 0.946. The fraction of sp³-hybridized carbons (Fsp3) is 0.0169. The Morgan fingerprint density at radius 1 is 0.397 bits per heavy atom. The number of pyridine rings is 1. The molecule has 1 N–H and O–H groups in total. The molecule has 63 heavy (non-hydrogen) atoms. The van der Waals surface area contributed by atoms with E-state index in [4.69, 9.17) is 14.4 Å². The molecule has 0 fully saturated rings. The molecular formula is C59H39N3O. The molecule has 1 atom stereocenters. The van der Waals surface area contributed by atoms with Crippen molar-refractivity contribution in [2.24, 2.45) is 4.99 Å². The maximum absolute atomic E-state index is 6.61. The van der Waals surface area contributed by atoms with Crippen LogP contribution >= 0.6 is 0 Å². The van der Waals surface area contributed by atoms with Crippen molar-refractivity contribution in [3.8, 4) is 44.6 Å². The van der Waals surface area contributed by atoms with Gasteiger partial charge < -0.3 is 9.73 Å². The van der Waals surface area contributed by atoms with Gasteiger partial charge >= 0.3 is 0 Å². The van der Waals surface area contributed by atoms with Crippen molar-refractivity contribution in [1.82, 2.24) is 10.3 Å². The van der Waals surface area contributed by atoms with Crippen molar-refractivity contribution in [2.75, 3.05) is 0 Å². The van der Waals surface area contributed by atoms with Crippen LogP contribution < -0.4 is 5.32 Å². The van der Waals surface area contributed by atoms with Crippen LogP contribution in [-0.4, -0.2) is 10.7 Å². The van der Waals surface area contributed by atoms with E-state index in [-0.39, 0.29) is 6.17 Å². The first-order valence-corrected chi connectivity index (χ1v) is 21.4. The van der Waals surface area contributed by atoms with Crippen LogP contribution in [0.15, 0.2) is 234 Å². The smallest absolute Gasteiger partial charge is 0.145 e. The summed E-state index contributed by atoms with van der Waals surface area (Å²) in [4.78, 5) is 10.6. The Hall–Kier alpha value is -8.34. The summed E-state index contributed by atoms with van der Waals surface area (Å²) in [6, 6.07) is 77.0. The van der Waals surface area contributed by atoms with Gasteiger partial charge in [0.25, 0.3) is 0 Å². The van der Waals surface area contributed by atoms with Crippen LogP contribution in [0.5, 0.6) is 0 Å². The maximum Gasteiger partial charge on any atom is 0.145 e. The predicted molar refractivity (Wildman–Crippen MR) is 262 cm³/mol. The molecule has 0 saturated carbocycles. The zero-order valence-corrected chi connectivity index (χ0v) is 34.2. The maximum atomic E-state index is 6.61. The molecule has 3 heterocycles. The molecule has 1 aliphatic rings. The number of hydrogen-bond acceptors (Lipinski definition) is 4. The molecule has 0 spiro atoms. The lowest BCUT2D eigenvalue weighted by Gasteiger charge is -2.25. The van der Waals surface area contributed by atoms with Crippen molar-refractivity contribution < 1.29 is 4.42 Å². The second-order valence-corrected chi connectivity index (χ2v) is 16.1. The normalized spacial score (nSPS) is 13.9. The Labute approximate surface area is 365 Å². The van der Waals surface area contributed by atoms with Gasteiger partial charge in [0.15, 0.2) is 0 Å². The van der Waals surface area contributed by atoms with Crippen LogP contribution in [0.25, 0.3) is 93.9 Å². The van der Waals surface area contributed by atoms with Gasteiger partial charge in [-0.15, -0.1) is 0 Å². The van der Waals surface area contributed by atoms with Crippen molar-refractivity contribution in [3.63, 3.8) is 0 Å². The van der Waals surface area contributed by atoms with E-state index in [1.807, 2.05) is 12.1 Å². The highest BCUT2D eigenvalue weighted by Crippen LogP contribution is 2.46. The minimum Gasteiger partial charge on any atom is -0.456 e. The number of rotatable bonds is 7. The predicted octanol–water partition coefficient (Wildman–Crippen LogP) is 15.1. The largest absolute Gasteiger partial charge is 0.456 e. The molecule has 11 aromatic rings. The number of benzene rings is 9. The molecule has 4 nitrogen and oxygen atoms in total. The molecule has 12 rings (SSSR count). The quantitative estimate of drug-likeness (QED) is 0.163. The number of aromatic nitrogens is 1. The summed E-state index contributed by atoms with van der Waals surface area (Å²) >= 11 is 0. The first-order chi connectivity index (χ1) is 31.2. The highest BCUT2D eigenvalue weighted by Gasteiger charge is 2.23. The van der Waals surface area contributed by atoms with Crippen molar-refractivity contribution in [1.29, 1.82) is 0 Å². The summed E-state index contributed by atoms with van der Waals surface area (Å²) in [6.07, 6.45) is 1.91. The number of nitrogens with one attached hydrogen (secondary N) is 1. The number of hydrogen-bond donors (Lipinski definition) is 1.